The van der Waals surface area contributed by atoms with Crippen molar-refractivity contribution in [1.82, 2.24) is 20.6 Å². The molecule has 0 radical (unpaired) electrons. The zero-order chi connectivity index (χ0) is 24.7. The smallest absolute Gasteiger partial charge is 0.404 e. The number of aryl methyl sites for hydroxylation is 2. The van der Waals surface area contributed by atoms with Gasteiger partial charge < -0.3 is 26.4 Å². The van der Waals surface area contributed by atoms with Crippen LogP contribution in [0.4, 0.5) is 20.7 Å². The zero-order valence-electron chi connectivity index (χ0n) is 19.3. The second-order valence-electron chi connectivity index (χ2n) is 9.21. The summed E-state index contributed by atoms with van der Waals surface area (Å²) >= 11 is 1.31. The van der Waals surface area contributed by atoms with Crippen LogP contribution in [0.5, 0.6) is 0 Å². The van der Waals surface area contributed by atoms with Gasteiger partial charge in [0.2, 0.25) is 0 Å². The van der Waals surface area contributed by atoms with E-state index in [9.17, 15) is 14.0 Å². The van der Waals surface area contributed by atoms with Crippen molar-refractivity contribution >= 4 is 45.1 Å². The van der Waals surface area contributed by atoms with Crippen LogP contribution in [0.2, 0.25) is 0 Å². The monoisotopic (exact) mass is 498 g/mol. The van der Waals surface area contributed by atoms with E-state index in [1.807, 2.05) is 36.1 Å². The highest BCUT2D eigenvalue weighted by Gasteiger charge is 2.35. The van der Waals surface area contributed by atoms with Crippen molar-refractivity contribution in [2.24, 2.45) is 5.92 Å². The molecule has 1 aliphatic carbocycles. The number of thiophene rings is 1. The molecule has 1 aliphatic heterocycles. The first-order chi connectivity index (χ1) is 16.8. The fourth-order valence-electron chi connectivity index (χ4n) is 4.94. The van der Waals surface area contributed by atoms with Crippen LogP contribution < -0.4 is 21.3 Å². The van der Waals surface area contributed by atoms with Gasteiger partial charge in [-0.15, -0.1) is 11.3 Å². The molecule has 0 spiro atoms. The molecule has 35 heavy (non-hydrogen) atoms. The number of hydrogen-bond acceptors (Lipinski definition) is 7. The van der Waals surface area contributed by atoms with Crippen LogP contribution >= 0.6 is 11.3 Å². The Labute approximate surface area is 205 Å². The molecule has 0 unspecified atom stereocenters. The molecule has 0 bridgehead atoms. The molecule has 184 valence electrons. The van der Waals surface area contributed by atoms with E-state index in [2.05, 4.69) is 15.6 Å². The lowest BCUT2D eigenvalue weighted by atomic mass is 9.91. The first-order valence-electron chi connectivity index (χ1n) is 11.6. The van der Waals surface area contributed by atoms with E-state index in [0.717, 1.165) is 39.4 Å². The van der Waals surface area contributed by atoms with Crippen molar-refractivity contribution in [3.8, 4) is 0 Å². The number of fused-ring (bicyclic) bond motifs is 2. The van der Waals surface area contributed by atoms with Crippen LogP contribution in [0.3, 0.4) is 0 Å². The minimum atomic E-state index is -1.15. The first-order valence-corrected chi connectivity index (χ1v) is 12.4. The summed E-state index contributed by atoms with van der Waals surface area (Å²) in [4.78, 5) is 36.4. The van der Waals surface area contributed by atoms with Crippen LogP contribution in [0, 0.1) is 12.8 Å². The lowest BCUT2D eigenvalue weighted by Gasteiger charge is -2.26. The molecule has 1 saturated heterocycles. The highest BCUT2D eigenvalue weighted by atomic mass is 32.1. The molecule has 2 aliphatic rings. The number of alkyl halides is 1. The number of carbonyl (C=O) groups is 2. The minimum Gasteiger partial charge on any atom is -0.465 e. The van der Waals surface area contributed by atoms with Crippen LogP contribution in [-0.2, 0) is 12.8 Å². The predicted octanol–water partition coefficient (Wildman–Crippen LogP) is 2.91. The molecule has 0 saturated carbocycles. The maximum atomic E-state index is 13.4. The summed E-state index contributed by atoms with van der Waals surface area (Å²) in [5.41, 5.74) is 9.60. The minimum absolute atomic E-state index is 0.0335. The van der Waals surface area contributed by atoms with Gasteiger partial charge in [0.1, 0.15) is 15.5 Å². The Morgan fingerprint density at radius 1 is 1.23 bits per heavy atom. The lowest BCUT2D eigenvalue weighted by Crippen LogP contribution is -2.40. The molecule has 5 N–H and O–H groups in total. The van der Waals surface area contributed by atoms with Gasteiger partial charge in [-0.05, 0) is 49.9 Å². The summed E-state index contributed by atoms with van der Waals surface area (Å²) in [7, 11) is 0. The van der Waals surface area contributed by atoms with Crippen molar-refractivity contribution < 1.29 is 19.1 Å². The van der Waals surface area contributed by atoms with Gasteiger partial charge in [-0.25, -0.2) is 14.8 Å². The van der Waals surface area contributed by atoms with Gasteiger partial charge in [-0.1, -0.05) is 6.07 Å². The summed E-state index contributed by atoms with van der Waals surface area (Å²) in [6.45, 7) is 2.11. The lowest BCUT2D eigenvalue weighted by molar-refractivity contribution is 0.0938. The molecule has 2 amide bonds. The molecule has 4 heterocycles. The predicted molar refractivity (Wildman–Crippen MR) is 133 cm³/mol. The summed E-state index contributed by atoms with van der Waals surface area (Å²) in [6.07, 6.45) is 0.958. The van der Waals surface area contributed by atoms with E-state index in [-0.39, 0.29) is 11.9 Å². The molecule has 5 rings (SSSR count). The van der Waals surface area contributed by atoms with Crippen molar-refractivity contribution in [3.05, 3.63) is 46.1 Å². The summed E-state index contributed by atoms with van der Waals surface area (Å²) < 4.78 is 13.4. The van der Waals surface area contributed by atoms with Crippen LogP contribution in [-0.4, -0.2) is 58.9 Å². The van der Waals surface area contributed by atoms with E-state index < -0.39 is 24.7 Å². The standard InChI is InChI=1S/C24H27FN6O3S/c1-12-2-5-16-20(26)21(35-23(16)27-12)22(32)28-15-4-6-17-13(8-15)3-7-19(29-17)31-10-14(9-25)18(11-31)30-24(33)34/h2-3,5,7,14-15,18,30H,4,6,8-11,26H2,1H3,(H,28,32)(H,33,34)/t14-,15-,18+/m0/s1. The van der Waals surface area contributed by atoms with E-state index in [1.165, 1.54) is 11.3 Å². The van der Waals surface area contributed by atoms with Gasteiger partial charge in [-0.2, -0.15) is 0 Å². The van der Waals surface area contributed by atoms with E-state index >= 15 is 0 Å². The average Bonchev–Trinajstić information content (AvgIpc) is 3.38. The number of pyridine rings is 2. The van der Waals surface area contributed by atoms with Gasteiger partial charge in [0.25, 0.3) is 5.91 Å². The van der Waals surface area contributed by atoms with Crippen LogP contribution in [0.25, 0.3) is 10.2 Å². The third-order valence-corrected chi connectivity index (χ3v) is 7.91. The number of nitrogen functional groups attached to an aromatic ring is 1. The average molecular weight is 499 g/mol. The van der Waals surface area contributed by atoms with Crippen molar-refractivity contribution in [3.63, 3.8) is 0 Å². The number of anilines is 2. The van der Waals surface area contributed by atoms with Gasteiger partial charge >= 0.3 is 6.09 Å². The highest BCUT2D eigenvalue weighted by Crippen LogP contribution is 2.33. The molecule has 1 fully saturated rings. The topological polar surface area (TPSA) is 133 Å². The molecular weight excluding hydrogens is 471 g/mol. The SMILES string of the molecule is Cc1ccc2c(N)c(C(=O)N[C@H]3CCc4nc(N5C[C@H](CF)[C@H](NC(=O)O)C5)ccc4C3)sc2n1. The van der Waals surface area contributed by atoms with Gasteiger partial charge in [0.05, 0.1) is 18.4 Å². The quantitative estimate of drug-likeness (QED) is 0.425. The number of nitrogens with zero attached hydrogens (tertiary/aromatic N) is 3. The van der Waals surface area contributed by atoms with Crippen molar-refractivity contribution in [1.29, 1.82) is 0 Å². The van der Waals surface area contributed by atoms with Crippen molar-refractivity contribution in [2.45, 2.75) is 38.3 Å². The molecule has 3 aromatic heterocycles. The van der Waals surface area contributed by atoms with Crippen LogP contribution in [0.15, 0.2) is 24.3 Å². The number of carboxylic acid groups (broad SMARTS) is 1. The third kappa shape index (κ3) is 4.60. The number of rotatable bonds is 5. The molecule has 3 aromatic rings. The first kappa shape index (κ1) is 23.3. The number of hydrogen-bond donors (Lipinski definition) is 4. The number of nitrogens with one attached hydrogen (secondary N) is 2. The second-order valence-corrected chi connectivity index (χ2v) is 10.2. The Morgan fingerprint density at radius 2 is 2.06 bits per heavy atom. The number of carbonyl (C=O) groups excluding carboxylic acids is 1. The number of halogens is 1. The van der Waals surface area contributed by atoms with Gasteiger partial charge in [0.15, 0.2) is 0 Å². The van der Waals surface area contributed by atoms with E-state index in [1.54, 1.807) is 0 Å². The van der Waals surface area contributed by atoms with Crippen molar-refractivity contribution in [2.75, 3.05) is 30.4 Å². The Kier molecular flexibility index (Phi) is 6.18. The van der Waals surface area contributed by atoms with Gasteiger partial charge in [-0.3, -0.25) is 9.18 Å². The number of aromatic nitrogens is 2. The molecule has 0 aromatic carbocycles. The number of amides is 2. The number of nitrogens with two attached hydrogens (primary N) is 1. The Hall–Kier alpha value is -3.47. The Bertz CT molecular complexity index is 1300. The fourth-order valence-corrected chi connectivity index (χ4v) is 5.99. The summed E-state index contributed by atoms with van der Waals surface area (Å²) in [5.74, 6) is 0.136. The largest absolute Gasteiger partial charge is 0.465 e. The Balaban J connectivity index is 1.26. The summed E-state index contributed by atoms with van der Waals surface area (Å²) in [6, 6.07) is 7.17. The molecule has 3 atom stereocenters. The van der Waals surface area contributed by atoms with E-state index in [0.29, 0.717) is 36.5 Å². The molecule has 9 nitrogen and oxygen atoms in total. The fraction of sp³-hybridized carbons (Fsp3) is 0.417. The highest BCUT2D eigenvalue weighted by molar-refractivity contribution is 7.21. The molecule has 11 heteroatoms. The maximum absolute atomic E-state index is 13.4. The zero-order valence-corrected chi connectivity index (χ0v) is 20.1. The normalized spacial score (nSPS) is 21.7. The maximum Gasteiger partial charge on any atom is 0.404 e. The van der Waals surface area contributed by atoms with Crippen LogP contribution in [0.1, 0.15) is 33.0 Å². The Morgan fingerprint density at radius 3 is 2.83 bits per heavy atom. The van der Waals surface area contributed by atoms with Gasteiger partial charge in [0, 0.05) is 41.8 Å². The third-order valence-electron chi connectivity index (χ3n) is 6.80. The second kappa shape index (κ2) is 9.29. The molecular formula is C24H27FN6O3S. The van der Waals surface area contributed by atoms with E-state index in [4.69, 9.17) is 15.8 Å². The summed E-state index contributed by atoms with van der Waals surface area (Å²) in [5, 5.41) is 15.3.